The Morgan fingerprint density at radius 3 is 1.65 bits per heavy atom. The second-order valence-corrected chi connectivity index (χ2v) is 4.52. The van der Waals surface area contributed by atoms with E-state index in [4.69, 9.17) is 9.47 Å². The first-order valence-electron chi connectivity index (χ1n) is 6.45. The Labute approximate surface area is 117 Å². The molecule has 2 heterocycles. The minimum absolute atomic E-state index is 0.144. The van der Waals surface area contributed by atoms with Crippen LogP contribution in [0.2, 0.25) is 0 Å². The predicted molar refractivity (Wildman–Crippen MR) is 71.8 cm³/mol. The molecule has 0 bridgehead atoms. The highest BCUT2D eigenvalue weighted by atomic mass is 16.5. The summed E-state index contributed by atoms with van der Waals surface area (Å²) in [5.41, 5.74) is 0. The molecule has 0 aromatic carbocycles. The highest BCUT2D eigenvalue weighted by Crippen LogP contribution is 2.01. The van der Waals surface area contributed by atoms with E-state index in [1.807, 2.05) is 0 Å². The molecule has 0 aliphatic carbocycles. The summed E-state index contributed by atoms with van der Waals surface area (Å²) in [7, 11) is 3.29. The average Bonchev–Trinajstić information content (AvgIpc) is 3.14. The second kappa shape index (κ2) is 6.36. The lowest BCUT2D eigenvalue weighted by Crippen LogP contribution is -2.42. The average molecular weight is 282 g/mol. The van der Waals surface area contributed by atoms with Gasteiger partial charge in [-0.2, -0.15) is 0 Å². The number of carbonyl (C=O) groups is 2. The van der Waals surface area contributed by atoms with Crippen LogP contribution in [0.1, 0.15) is 0 Å². The molecule has 0 radical (unpaired) electrons. The highest BCUT2D eigenvalue weighted by Gasteiger charge is 2.24. The third-order valence-electron chi connectivity index (χ3n) is 3.00. The van der Waals surface area contributed by atoms with Crippen LogP contribution in [0.5, 0.6) is 0 Å². The fraction of sp³-hybridized carbons (Fsp3) is 0.667. The Balaban J connectivity index is 1.79. The minimum Gasteiger partial charge on any atom is -0.472 e. The van der Waals surface area contributed by atoms with Crippen molar-refractivity contribution in [1.82, 2.24) is 9.80 Å². The molecule has 0 atom stereocenters. The van der Waals surface area contributed by atoms with Crippen molar-refractivity contribution in [2.24, 2.45) is 9.98 Å². The molecule has 2 rings (SSSR count). The monoisotopic (exact) mass is 282 g/mol. The highest BCUT2D eigenvalue weighted by molar-refractivity contribution is 6.36. The van der Waals surface area contributed by atoms with E-state index in [-0.39, 0.29) is 23.6 Å². The van der Waals surface area contributed by atoms with E-state index in [1.165, 1.54) is 9.80 Å². The maximum absolute atomic E-state index is 11.9. The van der Waals surface area contributed by atoms with Crippen LogP contribution in [0.15, 0.2) is 9.98 Å². The minimum atomic E-state index is -0.266. The number of nitrogens with zero attached hydrogens (tertiary/aromatic N) is 4. The van der Waals surface area contributed by atoms with Crippen molar-refractivity contribution in [3.05, 3.63) is 0 Å². The SMILES string of the molecule is CN(CCN(C)C(=O)C1=NCCO1)C(=O)C1=NCCO1. The van der Waals surface area contributed by atoms with Gasteiger partial charge in [0.2, 0.25) is 0 Å². The molecule has 2 aliphatic rings. The summed E-state index contributed by atoms with van der Waals surface area (Å²) in [6, 6.07) is 0. The third kappa shape index (κ3) is 3.25. The van der Waals surface area contributed by atoms with E-state index in [1.54, 1.807) is 14.1 Å². The van der Waals surface area contributed by atoms with Crippen molar-refractivity contribution in [1.29, 1.82) is 0 Å². The van der Waals surface area contributed by atoms with Gasteiger partial charge in [0.1, 0.15) is 13.2 Å². The van der Waals surface area contributed by atoms with Gasteiger partial charge in [-0.1, -0.05) is 0 Å². The van der Waals surface area contributed by atoms with Crippen LogP contribution in [0.3, 0.4) is 0 Å². The fourth-order valence-corrected chi connectivity index (χ4v) is 1.76. The Morgan fingerprint density at radius 2 is 1.35 bits per heavy atom. The lowest BCUT2D eigenvalue weighted by atomic mass is 10.4. The fourth-order valence-electron chi connectivity index (χ4n) is 1.76. The first-order chi connectivity index (χ1) is 9.59. The predicted octanol–water partition coefficient (Wildman–Crippen LogP) is -1.24. The largest absolute Gasteiger partial charge is 0.472 e. The van der Waals surface area contributed by atoms with Gasteiger partial charge in [0.05, 0.1) is 13.1 Å². The number of likely N-dealkylation sites (N-methyl/N-ethyl adjacent to an activating group) is 2. The van der Waals surface area contributed by atoms with Crippen molar-refractivity contribution in [3.8, 4) is 0 Å². The van der Waals surface area contributed by atoms with Gasteiger partial charge in [0, 0.05) is 27.2 Å². The van der Waals surface area contributed by atoms with Gasteiger partial charge in [-0.05, 0) is 0 Å². The van der Waals surface area contributed by atoms with Gasteiger partial charge >= 0.3 is 11.8 Å². The Morgan fingerprint density at radius 1 is 0.950 bits per heavy atom. The summed E-state index contributed by atoms with van der Waals surface area (Å²) in [4.78, 5) is 34.7. The van der Waals surface area contributed by atoms with Crippen LogP contribution in [0.4, 0.5) is 0 Å². The molecule has 0 saturated heterocycles. The van der Waals surface area contributed by atoms with E-state index in [2.05, 4.69) is 9.98 Å². The quantitative estimate of drug-likeness (QED) is 0.631. The van der Waals surface area contributed by atoms with Crippen molar-refractivity contribution in [3.63, 3.8) is 0 Å². The standard InChI is InChI=1S/C12H18N4O4/c1-15(11(17)9-13-3-7-19-9)5-6-16(2)12(18)10-14-4-8-20-10/h3-8H2,1-2H3. The Hall–Kier alpha value is -2.12. The first kappa shape index (κ1) is 14.3. The number of ether oxygens (including phenoxy) is 2. The van der Waals surface area contributed by atoms with E-state index in [0.717, 1.165) is 0 Å². The van der Waals surface area contributed by atoms with E-state index >= 15 is 0 Å². The van der Waals surface area contributed by atoms with E-state index in [0.29, 0.717) is 39.4 Å². The van der Waals surface area contributed by atoms with Crippen LogP contribution in [0, 0.1) is 0 Å². The molecule has 0 unspecified atom stereocenters. The lowest BCUT2D eigenvalue weighted by molar-refractivity contribution is -0.127. The topological polar surface area (TPSA) is 83.8 Å². The third-order valence-corrected chi connectivity index (χ3v) is 3.00. The Bertz CT molecular complexity index is 418. The van der Waals surface area contributed by atoms with E-state index in [9.17, 15) is 9.59 Å². The van der Waals surface area contributed by atoms with Gasteiger partial charge in [0.25, 0.3) is 11.8 Å². The molecule has 0 aromatic heterocycles. The first-order valence-corrected chi connectivity index (χ1v) is 6.45. The molecule has 0 N–H and O–H groups in total. The summed E-state index contributed by atoms with van der Waals surface area (Å²) < 4.78 is 10.2. The van der Waals surface area contributed by atoms with Crippen LogP contribution in [0.25, 0.3) is 0 Å². The molecule has 0 spiro atoms. The zero-order valence-electron chi connectivity index (χ0n) is 11.7. The van der Waals surface area contributed by atoms with Crippen molar-refractivity contribution >= 4 is 23.6 Å². The van der Waals surface area contributed by atoms with Crippen LogP contribution in [-0.2, 0) is 19.1 Å². The normalized spacial score (nSPS) is 16.9. The number of hydrogen-bond acceptors (Lipinski definition) is 6. The molecule has 0 aromatic rings. The van der Waals surface area contributed by atoms with Crippen LogP contribution < -0.4 is 0 Å². The molecular weight excluding hydrogens is 264 g/mol. The molecular formula is C12H18N4O4. The summed E-state index contributed by atoms with van der Waals surface area (Å²) >= 11 is 0. The molecule has 0 fully saturated rings. The van der Waals surface area contributed by atoms with Gasteiger partial charge < -0.3 is 19.3 Å². The van der Waals surface area contributed by atoms with Crippen molar-refractivity contribution in [2.45, 2.75) is 0 Å². The van der Waals surface area contributed by atoms with Crippen LogP contribution >= 0.6 is 0 Å². The van der Waals surface area contributed by atoms with Gasteiger partial charge in [-0.3, -0.25) is 9.59 Å². The maximum Gasteiger partial charge on any atom is 0.308 e. The number of carbonyl (C=O) groups excluding carboxylic acids is 2. The second-order valence-electron chi connectivity index (χ2n) is 4.52. The molecule has 8 heteroatoms. The van der Waals surface area contributed by atoms with Gasteiger partial charge in [0.15, 0.2) is 0 Å². The molecule has 2 aliphatic heterocycles. The lowest BCUT2D eigenvalue weighted by Gasteiger charge is -2.21. The summed E-state index contributed by atoms with van der Waals surface area (Å²) in [5, 5.41) is 0. The van der Waals surface area contributed by atoms with Crippen molar-refractivity contribution in [2.75, 3.05) is 53.5 Å². The molecule has 0 saturated carbocycles. The summed E-state index contributed by atoms with van der Waals surface area (Å²) in [5.74, 6) is -0.245. The zero-order chi connectivity index (χ0) is 14.5. The molecule has 110 valence electrons. The summed E-state index contributed by atoms with van der Waals surface area (Å²) in [6.07, 6.45) is 0. The maximum atomic E-state index is 11.9. The number of hydrogen-bond donors (Lipinski definition) is 0. The van der Waals surface area contributed by atoms with Gasteiger partial charge in [-0.15, -0.1) is 0 Å². The molecule has 20 heavy (non-hydrogen) atoms. The van der Waals surface area contributed by atoms with Crippen molar-refractivity contribution < 1.29 is 19.1 Å². The van der Waals surface area contributed by atoms with Crippen LogP contribution in [-0.4, -0.2) is 86.9 Å². The van der Waals surface area contributed by atoms with E-state index < -0.39 is 0 Å². The summed E-state index contributed by atoms with van der Waals surface area (Å²) in [6.45, 7) is 2.71. The smallest absolute Gasteiger partial charge is 0.308 e. The molecule has 8 nitrogen and oxygen atoms in total. The number of rotatable bonds is 5. The Kier molecular flexibility index (Phi) is 4.54. The zero-order valence-corrected chi connectivity index (χ0v) is 11.7. The van der Waals surface area contributed by atoms with Gasteiger partial charge in [-0.25, -0.2) is 9.98 Å². The number of aliphatic imine (C=N–C) groups is 2. The number of amides is 2. The molecule has 2 amide bonds.